The van der Waals surface area contributed by atoms with Crippen LogP contribution in [0.5, 0.6) is 0 Å². The Labute approximate surface area is 118 Å². The number of rotatable bonds is 7. The van der Waals surface area contributed by atoms with E-state index in [9.17, 15) is 9.18 Å². The average molecular weight is 336 g/mol. The lowest BCUT2D eigenvalue weighted by atomic mass is 10.2. The summed E-state index contributed by atoms with van der Waals surface area (Å²) in [4.78, 5) is 11.7. The van der Waals surface area contributed by atoms with Gasteiger partial charge in [-0.25, -0.2) is 4.39 Å². The second-order valence-electron chi connectivity index (χ2n) is 3.60. The number of carbonyl (C=O) groups is 1. The standard InChI is InChI=1S/C12H15BrFNO2S/c13-10-6-9(7-11(14)8-10)12(17)15-2-5-18-4-1-3-16/h6-8,16H,1-5H2,(H,15,17). The SMILES string of the molecule is O=C(NCCSCCCO)c1cc(F)cc(Br)c1. The number of aliphatic hydroxyl groups is 1. The molecule has 100 valence electrons. The second-order valence-corrected chi connectivity index (χ2v) is 5.74. The molecule has 1 rings (SSSR count). The molecular weight excluding hydrogens is 321 g/mol. The van der Waals surface area contributed by atoms with Crippen LogP contribution >= 0.6 is 27.7 Å². The van der Waals surface area contributed by atoms with Crippen LogP contribution in [0, 0.1) is 5.82 Å². The molecule has 0 aliphatic carbocycles. The van der Waals surface area contributed by atoms with E-state index in [0.717, 1.165) is 17.9 Å². The van der Waals surface area contributed by atoms with Crippen LogP contribution in [0.4, 0.5) is 4.39 Å². The summed E-state index contributed by atoms with van der Waals surface area (Å²) in [6, 6.07) is 4.10. The van der Waals surface area contributed by atoms with Crippen molar-refractivity contribution in [3.63, 3.8) is 0 Å². The third kappa shape index (κ3) is 5.84. The van der Waals surface area contributed by atoms with Gasteiger partial charge in [0.2, 0.25) is 0 Å². The number of thioether (sulfide) groups is 1. The van der Waals surface area contributed by atoms with Crippen molar-refractivity contribution in [2.45, 2.75) is 6.42 Å². The van der Waals surface area contributed by atoms with E-state index in [1.807, 2.05) is 0 Å². The highest BCUT2D eigenvalue weighted by Crippen LogP contribution is 2.14. The van der Waals surface area contributed by atoms with E-state index in [-0.39, 0.29) is 12.5 Å². The Morgan fingerprint density at radius 2 is 2.17 bits per heavy atom. The highest BCUT2D eigenvalue weighted by Gasteiger charge is 2.07. The van der Waals surface area contributed by atoms with Crippen LogP contribution in [-0.2, 0) is 0 Å². The average Bonchev–Trinajstić information content (AvgIpc) is 2.32. The molecule has 18 heavy (non-hydrogen) atoms. The topological polar surface area (TPSA) is 49.3 Å². The van der Waals surface area contributed by atoms with Gasteiger partial charge in [-0.3, -0.25) is 4.79 Å². The van der Waals surface area contributed by atoms with Crippen LogP contribution in [0.15, 0.2) is 22.7 Å². The zero-order valence-corrected chi connectivity index (χ0v) is 12.2. The van der Waals surface area contributed by atoms with Crippen molar-refractivity contribution in [2.24, 2.45) is 0 Å². The maximum atomic E-state index is 13.1. The minimum absolute atomic E-state index is 0.191. The minimum atomic E-state index is -0.438. The van der Waals surface area contributed by atoms with Crippen LogP contribution in [0.3, 0.4) is 0 Å². The van der Waals surface area contributed by atoms with Gasteiger partial charge in [-0.2, -0.15) is 11.8 Å². The van der Waals surface area contributed by atoms with Crippen molar-refractivity contribution in [3.8, 4) is 0 Å². The lowest BCUT2D eigenvalue weighted by Crippen LogP contribution is -2.25. The summed E-state index contributed by atoms with van der Waals surface area (Å²) in [5.41, 5.74) is 0.308. The molecule has 0 fully saturated rings. The number of benzene rings is 1. The summed E-state index contributed by atoms with van der Waals surface area (Å²) < 4.78 is 13.6. The van der Waals surface area contributed by atoms with Gasteiger partial charge in [-0.1, -0.05) is 15.9 Å². The summed E-state index contributed by atoms with van der Waals surface area (Å²) in [6.45, 7) is 0.722. The van der Waals surface area contributed by atoms with Crippen molar-refractivity contribution in [1.82, 2.24) is 5.32 Å². The molecule has 1 aromatic carbocycles. The highest BCUT2D eigenvalue weighted by atomic mass is 79.9. The van der Waals surface area contributed by atoms with E-state index in [4.69, 9.17) is 5.11 Å². The Kier molecular flexibility index (Phi) is 7.31. The van der Waals surface area contributed by atoms with E-state index in [1.165, 1.54) is 12.1 Å². The smallest absolute Gasteiger partial charge is 0.251 e. The summed E-state index contributed by atoms with van der Waals surface area (Å²) in [5, 5.41) is 11.3. The predicted molar refractivity (Wildman–Crippen MR) is 75.5 cm³/mol. The molecule has 6 heteroatoms. The largest absolute Gasteiger partial charge is 0.396 e. The van der Waals surface area contributed by atoms with E-state index in [1.54, 1.807) is 17.8 Å². The summed E-state index contributed by atoms with van der Waals surface area (Å²) >= 11 is 4.81. The molecular formula is C12H15BrFNO2S. The minimum Gasteiger partial charge on any atom is -0.396 e. The van der Waals surface area contributed by atoms with Gasteiger partial charge in [0.05, 0.1) is 0 Å². The number of halogens is 2. The first-order chi connectivity index (χ1) is 8.63. The Balaban J connectivity index is 2.32. The first kappa shape index (κ1) is 15.5. The monoisotopic (exact) mass is 335 g/mol. The normalized spacial score (nSPS) is 10.4. The maximum absolute atomic E-state index is 13.1. The molecule has 0 aliphatic heterocycles. The summed E-state index contributed by atoms with van der Waals surface area (Å²) in [5.74, 6) is 0.935. The Morgan fingerprint density at radius 1 is 1.39 bits per heavy atom. The molecule has 0 radical (unpaired) electrons. The quantitative estimate of drug-likeness (QED) is 0.752. The molecule has 1 amide bonds. The third-order valence-electron chi connectivity index (χ3n) is 2.10. The molecule has 0 spiro atoms. The van der Waals surface area contributed by atoms with Crippen LogP contribution in [0.2, 0.25) is 0 Å². The van der Waals surface area contributed by atoms with Crippen LogP contribution in [-0.4, -0.2) is 35.7 Å². The van der Waals surface area contributed by atoms with Crippen LogP contribution < -0.4 is 5.32 Å². The molecule has 0 aromatic heterocycles. The lowest BCUT2D eigenvalue weighted by molar-refractivity contribution is 0.0955. The van der Waals surface area contributed by atoms with E-state index >= 15 is 0 Å². The van der Waals surface area contributed by atoms with Crippen LogP contribution in [0.25, 0.3) is 0 Å². The molecule has 0 unspecified atom stereocenters. The molecule has 0 heterocycles. The zero-order chi connectivity index (χ0) is 13.4. The molecule has 3 nitrogen and oxygen atoms in total. The Bertz CT molecular complexity index is 383. The predicted octanol–water partition coefficient (Wildman–Crippen LogP) is 2.43. The van der Waals surface area contributed by atoms with Gasteiger partial charge in [0.15, 0.2) is 0 Å². The number of aliphatic hydroxyl groups excluding tert-OH is 1. The van der Waals surface area contributed by atoms with Crippen molar-refractivity contribution >= 4 is 33.6 Å². The number of amides is 1. The van der Waals surface area contributed by atoms with Crippen LogP contribution in [0.1, 0.15) is 16.8 Å². The summed E-state index contributed by atoms with van der Waals surface area (Å²) in [6.07, 6.45) is 0.759. The fourth-order valence-electron chi connectivity index (χ4n) is 1.29. The van der Waals surface area contributed by atoms with Gasteiger partial charge in [0.1, 0.15) is 5.82 Å². The lowest BCUT2D eigenvalue weighted by Gasteiger charge is -2.05. The molecule has 0 atom stereocenters. The first-order valence-electron chi connectivity index (χ1n) is 5.56. The molecule has 2 N–H and O–H groups in total. The summed E-state index contributed by atoms with van der Waals surface area (Å²) in [7, 11) is 0. The first-order valence-corrected chi connectivity index (χ1v) is 7.51. The van der Waals surface area contributed by atoms with Crippen molar-refractivity contribution in [3.05, 3.63) is 34.1 Å². The van der Waals surface area contributed by atoms with Crippen molar-refractivity contribution < 1.29 is 14.3 Å². The maximum Gasteiger partial charge on any atom is 0.251 e. The fraction of sp³-hybridized carbons (Fsp3) is 0.417. The van der Waals surface area contributed by atoms with Crippen molar-refractivity contribution in [1.29, 1.82) is 0 Å². The number of hydrogen-bond donors (Lipinski definition) is 2. The molecule has 1 aromatic rings. The fourth-order valence-corrected chi connectivity index (χ4v) is 2.54. The van der Waals surface area contributed by atoms with Gasteiger partial charge in [0, 0.05) is 28.9 Å². The zero-order valence-electron chi connectivity index (χ0n) is 9.79. The van der Waals surface area contributed by atoms with Crippen molar-refractivity contribution in [2.75, 3.05) is 24.7 Å². The molecule has 0 saturated heterocycles. The van der Waals surface area contributed by atoms with Gasteiger partial charge in [-0.05, 0) is 30.4 Å². The van der Waals surface area contributed by atoms with Gasteiger partial charge in [-0.15, -0.1) is 0 Å². The van der Waals surface area contributed by atoms with E-state index < -0.39 is 5.82 Å². The van der Waals surface area contributed by atoms with Gasteiger partial charge < -0.3 is 10.4 Å². The van der Waals surface area contributed by atoms with Gasteiger partial charge in [0.25, 0.3) is 5.91 Å². The Morgan fingerprint density at radius 3 is 2.83 bits per heavy atom. The number of nitrogens with one attached hydrogen (secondary N) is 1. The number of hydrogen-bond acceptors (Lipinski definition) is 3. The molecule has 0 bridgehead atoms. The second kappa shape index (κ2) is 8.50. The Hall–Kier alpha value is -0.590. The number of carbonyl (C=O) groups excluding carboxylic acids is 1. The van der Waals surface area contributed by atoms with E-state index in [2.05, 4.69) is 21.2 Å². The highest BCUT2D eigenvalue weighted by molar-refractivity contribution is 9.10. The third-order valence-corrected chi connectivity index (χ3v) is 3.63. The molecule has 0 saturated carbocycles. The van der Waals surface area contributed by atoms with E-state index in [0.29, 0.717) is 16.6 Å². The molecule has 0 aliphatic rings. The van der Waals surface area contributed by atoms with Gasteiger partial charge >= 0.3 is 0 Å².